The van der Waals surface area contributed by atoms with Gasteiger partial charge in [0.1, 0.15) is 0 Å². The summed E-state index contributed by atoms with van der Waals surface area (Å²) in [5, 5.41) is 6.56. The Morgan fingerprint density at radius 1 is 1.18 bits per heavy atom. The molecule has 1 saturated carbocycles. The predicted molar refractivity (Wildman–Crippen MR) is 139 cm³/mol. The zero-order valence-corrected chi connectivity index (χ0v) is 21.3. The Kier molecular flexibility index (Phi) is 8.22. The quantitative estimate of drug-likeness (QED) is 0.541. The van der Waals surface area contributed by atoms with Gasteiger partial charge in [0.15, 0.2) is 0 Å². The number of nitrogens with one attached hydrogen (secondary N) is 3. The van der Waals surface area contributed by atoms with Crippen LogP contribution in [0.15, 0.2) is 23.0 Å². The van der Waals surface area contributed by atoms with E-state index in [1.54, 1.807) is 6.07 Å². The first kappa shape index (κ1) is 25.6. The highest BCUT2D eigenvalue weighted by Crippen LogP contribution is 2.31. The fourth-order valence-electron chi connectivity index (χ4n) is 5.03. The van der Waals surface area contributed by atoms with Gasteiger partial charge in [0.2, 0.25) is 0 Å². The maximum Gasteiger partial charge on any atom is 0.253 e. The molecule has 1 aliphatic rings. The van der Waals surface area contributed by atoms with Crippen molar-refractivity contribution in [2.75, 3.05) is 19.4 Å². The van der Waals surface area contributed by atoms with E-state index in [0.717, 1.165) is 22.5 Å². The second-order valence-electron chi connectivity index (χ2n) is 9.93. The number of terminal acetylenes is 1. The van der Waals surface area contributed by atoms with E-state index < -0.39 is 0 Å². The van der Waals surface area contributed by atoms with Crippen LogP contribution in [-0.4, -0.2) is 42.0 Å². The monoisotopic (exact) mass is 462 g/mol. The van der Waals surface area contributed by atoms with E-state index in [-0.39, 0.29) is 24.1 Å². The van der Waals surface area contributed by atoms with E-state index in [4.69, 9.17) is 6.42 Å². The average Bonchev–Trinajstić information content (AvgIpc) is 2.79. The average molecular weight is 463 g/mol. The number of carbonyl (C=O) groups is 1. The number of H-pyrrole nitrogens is 1. The van der Waals surface area contributed by atoms with Crippen LogP contribution in [0.3, 0.4) is 0 Å². The second kappa shape index (κ2) is 10.9. The highest BCUT2D eigenvalue weighted by molar-refractivity contribution is 5.97. The van der Waals surface area contributed by atoms with Crippen LogP contribution in [0.5, 0.6) is 0 Å². The van der Waals surface area contributed by atoms with Crippen molar-refractivity contribution in [2.24, 2.45) is 5.92 Å². The van der Waals surface area contributed by atoms with Gasteiger partial charge in [-0.25, -0.2) is 0 Å². The number of rotatable bonds is 7. The highest BCUT2D eigenvalue weighted by Gasteiger charge is 2.27. The number of hydrogen-bond acceptors (Lipinski definition) is 4. The molecule has 34 heavy (non-hydrogen) atoms. The summed E-state index contributed by atoms with van der Waals surface area (Å²) < 4.78 is 0. The molecule has 3 N–H and O–H groups in total. The molecule has 0 aliphatic heterocycles. The number of benzene rings is 1. The summed E-state index contributed by atoms with van der Waals surface area (Å²) in [5.74, 6) is 3.02. The van der Waals surface area contributed by atoms with Crippen molar-refractivity contribution >= 4 is 11.6 Å². The third-order valence-corrected chi connectivity index (χ3v) is 7.30. The maximum absolute atomic E-state index is 13.1. The molecule has 1 fully saturated rings. The van der Waals surface area contributed by atoms with Gasteiger partial charge in [0.05, 0.1) is 0 Å². The van der Waals surface area contributed by atoms with Crippen LogP contribution in [0.4, 0.5) is 5.69 Å². The summed E-state index contributed by atoms with van der Waals surface area (Å²) in [6.07, 6.45) is 10.5. The topological polar surface area (TPSA) is 77.2 Å². The summed E-state index contributed by atoms with van der Waals surface area (Å²) in [7, 11) is 4.31. The fourth-order valence-corrected chi connectivity index (χ4v) is 5.03. The molecule has 182 valence electrons. The number of anilines is 1. The van der Waals surface area contributed by atoms with Gasteiger partial charge in [-0.15, -0.1) is 6.42 Å². The molecule has 6 heteroatoms. The Morgan fingerprint density at radius 3 is 2.44 bits per heavy atom. The summed E-state index contributed by atoms with van der Waals surface area (Å²) in [4.78, 5) is 30.5. The molecule has 0 radical (unpaired) electrons. The molecule has 1 amide bonds. The van der Waals surface area contributed by atoms with Gasteiger partial charge < -0.3 is 20.5 Å². The van der Waals surface area contributed by atoms with Crippen molar-refractivity contribution in [3.8, 4) is 12.3 Å². The van der Waals surface area contributed by atoms with Crippen LogP contribution < -0.4 is 16.2 Å². The van der Waals surface area contributed by atoms with E-state index in [9.17, 15) is 9.59 Å². The lowest BCUT2D eigenvalue weighted by atomic mass is 9.81. The van der Waals surface area contributed by atoms with Gasteiger partial charge in [-0.3, -0.25) is 9.59 Å². The number of hydrogen-bond donors (Lipinski definition) is 3. The molecular formula is C28H38N4O2. The standard InChI is InChI=1S/C28H38N4O2/c1-8-21-14-24(27(33)29-16-25-17(2)13-18(3)30-28(25)34)19(4)26(15-21)31-20(5)22-9-11-23(12-10-22)32(6)7/h1,13-15,20,22-23,31H,9-12,16H2,2-7H3,(H,29,33)(H,30,34)/t20?,22-,23-. The third-order valence-electron chi connectivity index (χ3n) is 7.30. The molecule has 2 aromatic rings. The van der Waals surface area contributed by atoms with Gasteiger partial charge in [0.25, 0.3) is 11.5 Å². The normalized spacial score (nSPS) is 18.9. The first-order chi connectivity index (χ1) is 16.1. The second-order valence-corrected chi connectivity index (χ2v) is 9.93. The van der Waals surface area contributed by atoms with Crippen molar-refractivity contribution in [1.82, 2.24) is 15.2 Å². The Labute approximate surface area is 203 Å². The van der Waals surface area contributed by atoms with E-state index in [1.165, 1.54) is 25.7 Å². The minimum absolute atomic E-state index is 0.161. The van der Waals surface area contributed by atoms with Crippen LogP contribution in [-0.2, 0) is 6.54 Å². The molecule has 0 spiro atoms. The van der Waals surface area contributed by atoms with Crippen molar-refractivity contribution < 1.29 is 4.79 Å². The maximum atomic E-state index is 13.1. The number of nitrogens with zero attached hydrogens (tertiary/aromatic N) is 1. The summed E-state index contributed by atoms with van der Waals surface area (Å²) in [5.41, 5.74) is 4.99. The largest absolute Gasteiger partial charge is 0.382 e. The molecule has 1 aromatic heterocycles. The minimum Gasteiger partial charge on any atom is -0.382 e. The van der Waals surface area contributed by atoms with E-state index >= 15 is 0 Å². The summed E-state index contributed by atoms with van der Waals surface area (Å²) in [6.45, 7) is 8.04. The number of aryl methyl sites for hydroxylation is 2. The molecule has 1 aromatic carbocycles. The van der Waals surface area contributed by atoms with Crippen LogP contribution in [0.1, 0.15) is 70.9 Å². The molecule has 6 nitrogen and oxygen atoms in total. The molecule has 1 atom stereocenters. The van der Waals surface area contributed by atoms with Crippen LogP contribution in [0.25, 0.3) is 0 Å². The van der Waals surface area contributed by atoms with Crippen molar-refractivity contribution in [2.45, 2.75) is 72.0 Å². The van der Waals surface area contributed by atoms with Gasteiger partial charge in [-0.2, -0.15) is 0 Å². The molecule has 1 unspecified atom stereocenters. The van der Waals surface area contributed by atoms with Gasteiger partial charge in [0, 0.05) is 46.7 Å². The van der Waals surface area contributed by atoms with Crippen molar-refractivity contribution in [1.29, 1.82) is 0 Å². The lowest BCUT2D eigenvalue weighted by Gasteiger charge is -2.36. The number of carbonyl (C=O) groups excluding carboxylic acids is 1. The molecule has 1 aliphatic carbocycles. The smallest absolute Gasteiger partial charge is 0.253 e. The lowest BCUT2D eigenvalue weighted by molar-refractivity contribution is 0.0950. The van der Waals surface area contributed by atoms with E-state index in [1.807, 2.05) is 32.9 Å². The lowest BCUT2D eigenvalue weighted by Crippen LogP contribution is -2.36. The predicted octanol–water partition coefficient (Wildman–Crippen LogP) is 4.13. The van der Waals surface area contributed by atoms with E-state index in [2.05, 4.69) is 47.5 Å². The molecular weight excluding hydrogens is 424 g/mol. The van der Waals surface area contributed by atoms with Gasteiger partial charge in [-0.1, -0.05) is 5.92 Å². The van der Waals surface area contributed by atoms with Gasteiger partial charge >= 0.3 is 0 Å². The third kappa shape index (κ3) is 5.90. The molecule has 3 rings (SSSR count). The Hall–Kier alpha value is -3.04. The molecule has 1 heterocycles. The number of pyridine rings is 1. The van der Waals surface area contributed by atoms with Crippen molar-refractivity contribution in [3.05, 3.63) is 62.1 Å². The minimum atomic E-state index is -0.240. The SMILES string of the molecule is C#Cc1cc(NC(C)[C@H]2CC[C@H](N(C)C)CC2)c(C)c(C(=O)NCc2c(C)cc(C)[nH]c2=O)c1. The molecule has 0 saturated heterocycles. The number of amides is 1. The number of aromatic amines is 1. The Balaban J connectivity index is 1.75. The van der Waals surface area contributed by atoms with Crippen molar-refractivity contribution in [3.63, 3.8) is 0 Å². The van der Waals surface area contributed by atoms with Crippen LogP contribution in [0.2, 0.25) is 0 Å². The first-order valence-corrected chi connectivity index (χ1v) is 12.1. The van der Waals surface area contributed by atoms with Gasteiger partial charge in [-0.05, 0) is 103 Å². The highest BCUT2D eigenvalue weighted by atomic mass is 16.1. The summed E-state index contributed by atoms with van der Waals surface area (Å²) >= 11 is 0. The number of aromatic nitrogens is 1. The van der Waals surface area contributed by atoms with E-state index in [0.29, 0.717) is 28.7 Å². The Morgan fingerprint density at radius 2 is 1.85 bits per heavy atom. The first-order valence-electron chi connectivity index (χ1n) is 12.1. The summed E-state index contributed by atoms with van der Waals surface area (Å²) in [6, 6.07) is 6.54. The van der Waals surface area contributed by atoms with Crippen LogP contribution in [0, 0.1) is 39.0 Å². The zero-order valence-electron chi connectivity index (χ0n) is 21.3. The molecule has 0 bridgehead atoms. The van der Waals surface area contributed by atoms with Crippen LogP contribution >= 0.6 is 0 Å². The Bertz CT molecular complexity index is 1130. The zero-order chi connectivity index (χ0) is 25.0. The fraction of sp³-hybridized carbons (Fsp3) is 0.500.